The zero-order valence-corrected chi connectivity index (χ0v) is 25.9. The van der Waals surface area contributed by atoms with E-state index in [9.17, 15) is 0 Å². The highest BCUT2D eigenvalue weighted by Gasteiger charge is 2.40. The van der Waals surface area contributed by atoms with Crippen LogP contribution >= 0.6 is 0 Å². The van der Waals surface area contributed by atoms with Crippen molar-refractivity contribution < 1.29 is 9.47 Å². The van der Waals surface area contributed by atoms with Crippen LogP contribution in [0.5, 0.6) is 5.75 Å². The lowest BCUT2D eigenvalue weighted by Gasteiger charge is -2.45. The predicted molar refractivity (Wildman–Crippen MR) is 172 cm³/mol. The SMILES string of the molecule is CCc1nc2c(N)ncc(-c3ccc(N4CCC(N5CC6CCC(C5)N6C)CC4)c(OC)c3)c2nc1NC1CCOCC1. The van der Waals surface area contributed by atoms with Crippen LogP contribution in [0.4, 0.5) is 17.3 Å². The molecule has 43 heavy (non-hydrogen) atoms. The molecule has 1 aromatic carbocycles. The Hall–Kier alpha value is -3.21. The Morgan fingerprint density at radius 3 is 2.42 bits per heavy atom. The van der Waals surface area contributed by atoms with Gasteiger partial charge in [-0.2, -0.15) is 0 Å². The van der Waals surface area contributed by atoms with Gasteiger partial charge in [-0.1, -0.05) is 13.0 Å². The molecule has 2 unspecified atom stereocenters. The number of piperazine rings is 1. The number of nitrogens with one attached hydrogen (secondary N) is 1. The number of nitrogen functional groups attached to an aromatic ring is 1. The Labute approximate surface area is 255 Å². The van der Waals surface area contributed by atoms with Crippen LogP contribution in [0.1, 0.15) is 51.1 Å². The first-order valence-corrected chi connectivity index (χ1v) is 16.2. The number of ether oxygens (including phenoxy) is 2. The predicted octanol–water partition coefficient (Wildman–Crippen LogP) is 4.18. The molecule has 2 aromatic heterocycles. The van der Waals surface area contributed by atoms with E-state index >= 15 is 0 Å². The number of rotatable bonds is 7. The first kappa shape index (κ1) is 28.6. The minimum absolute atomic E-state index is 0.323. The fourth-order valence-electron chi connectivity index (χ4n) is 7.72. The van der Waals surface area contributed by atoms with Crippen LogP contribution in [0.15, 0.2) is 24.4 Å². The molecule has 2 bridgehead atoms. The van der Waals surface area contributed by atoms with E-state index in [0.29, 0.717) is 23.4 Å². The molecule has 4 saturated heterocycles. The summed E-state index contributed by atoms with van der Waals surface area (Å²) in [5.41, 5.74) is 11.7. The highest BCUT2D eigenvalue weighted by molar-refractivity contribution is 5.97. The van der Waals surface area contributed by atoms with Gasteiger partial charge in [-0.3, -0.25) is 9.80 Å². The highest BCUT2D eigenvalue weighted by Crippen LogP contribution is 2.38. The summed E-state index contributed by atoms with van der Waals surface area (Å²) in [6.45, 7) is 8.18. The second kappa shape index (κ2) is 12.1. The normalized spacial score (nSPS) is 24.1. The van der Waals surface area contributed by atoms with Crippen molar-refractivity contribution in [2.24, 2.45) is 0 Å². The van der Waals surface area contributed by atoms with E-state index in [2.05, 4.69) is 57.2 Å². The van der Waals surface area contributed by atoms with Gasteiger partial charge in [0.2, 0.25) is 0 Å². The van der Waals surface area contributed by atoms with E-state index < -0.39 is 0 Å². The van der Waals surface area contributed by atoms with Crippen molar-refractivity contribution in [2.45, 2.75) is 76.0 Å². The quantitative estimate of drug-likeness (QED) is 0.419. The van der Waals surface area contributed by atoms with Crippen molar-refractivity contribution in [1.29, 1.82) is 0 Å². The zero-order valence-electron chi connectivity index (χ0n) is 25.9. The second-order valence-electron chi connectivity index (χ2n) is 12.8. The van der Waals surface area contributed by atoms with Gasteiger partial charge >= 0.3 is 0 Å². The molecule has 3 N–H and O–H groups in total. The van der Waals surface area contributed by atoms with Gasteiger partial charge in [0.15, 0.2) is 5.82 Å². The number of likely N-dealkylation sites (N-methyl/N-ethyl adjacent to an activating group) is 1. The third-order valence-electron chi connectivity index (χ3n) is 10.4. The molecule has 0 radical (unpaired) electrons. The van der Waals surface area contributed by atoms with E-state index in [1.54, 1.807) is 7.11 Å². The number of hydrogen-bond donors (Lipinski definition) is 2. The van der Waals surface area contributed by atoms with Crippen LogP contribution < -0.4 is 20.7 Å². The summed E-state index contributed by atoms with van der Waals surface area (Å²) in [4.78, 5) is 22.5. The number of likely N-dealkylation sites (tertiary alicyclic amines) is 1. The van der Waals surface area contributed by atoms with Gasteiger partial charge in [0, 0.05) is 75.3 Å². The minimum Gasteiger partial charge on any atom is -0.495 e. The topological polar surface area (TPSA) is 105 Å². The van der Waals surface area contributed by atoms with Gasteiger partial charge in [-0.15, -0.1) is 0 Å². The number of methoxy groups -OCH3 is 1. The molecule has 10 heteroatoms. The second-order valence-corrected chi connectivity index (χ2v) is 12.8. The largest absolute Gasteiger partial charge is 0.495 e. The monoisotopic (exact) mass is 586 g/mol. The molecule has 4 fully saturated rings. The van der Waals surface area contributed by atoms with Crippen LogP contribution in [-0.2, 0) is 11.2 Å². The maximum atomic E-state index is 6.34. The molecule has 4 aliphatic heterocycles. The van der Waals surface area contributed by atoms with E-state index in [4.69, 9.17) is 25.2 Å². The van der Waals surface area contributed by atoms with Gasteiger partial charge in [0.1, 0.15) is 22.6 Å². The number of piperidine rings is 1. The average Bonchev–Trinajstić information content (AvgIpc) is 3.23. The van der Waals surface area contributed by atoms with Gasteiger partial charge in [0.25, 0.3) is 0 Å². The summed E-state index contributed by atoms with van der Waals surface area (Å²) >= 11 is 0. The third kappa shape index (κ3) is 5.49. The summed E-state index contributed by atoms with van der Waals surface area (Å²) in [7, 11) is 4.08. The molecule has 2 atom stereocenters. The summed E-state index contributed by atoms with van der Waals surface area (Å²) in [6, 6.07) is 8.97. The maximum Gasteiger partial charge on any atom is 0.151 e. The van der Waals surface area contributed by atoms with Crippen molar-refractivity contribution in [3.8, 4) is 16.9 Å². The summed E-state index contributed by atoms with van der Waals surface area (Å²) in [5.74, 6) is 2.10. The summed E-state index contributed by atoms with van der Waals surface area (Å²) in [5, 5.41) is 3.65. The van der Waals surface area contributed by atoms with Crippen LogP contribution in [0, 0.1) is 0 Å². The molecule has 3 aromatic rings. The zero-order chi connectivity index (χ0) is 29.5. The minimum atomic E-state index is 0.323. The molecule has 10 nitrogen and oxygen atoms in total. The number of aromatic nitrogens is 3. The standard InChI is InChI=1S/C33H46N8O2/c1-4-27-33(36-22-11-15-43-16-12-22)38-30-26(18-35-32(34)31(30)37-27)21-5-8-28(29(17-21)42-3)40-13-9-23(10-14-40)41-19-24-6-7-25(20-41)39(24)2/h5,8,17-18,22-25H,4,6-7,9-16,19-20H2,1-3H3,(H2,34,35)(H,36,38). The van der Waals surface area contributed by atoms with E-state index in [1.807, 2.05) is 6.20 Å². The molecule has 4 aliphatic rings. The summed E-state index contributed by atoms with van der Waals surface area (Å²) < 4.78 is 11.5. The average molecular weight is 587 g/mol. The molecule has 6 heterocycles. The van der Waals surface area contributed by atoms with Crippen LogP contribution in [-0.4, -0.2) is 102 Å². The fourth-order valence-corrected chi connectivity index (χ4v) is 7.72. The first-order valence-electron chi connectivity index (χ1n) is 16.2. The maximum absolute atomic E-state index is 6.34. The summed E-state index contributed by atoms with van der Waals surface area (Å²) in [6.07, 6.45) is 9.60. The lowest BCUT2D eigenvalue weighted by atomic mass is 9.99. The molecule has 0 amide bonds. The molecule has 7 rings (SSSR count). The molecular formula is C33H46N8O2. The Balaban J connectivity index is 1.13. The van der Waals surface area contributed by atoms with Crippen molar-refractivity contribution in [3.05, 3.63) is 30.1 Å². The molecule has 0 aliphatic carbocycles. The fraction of sp³-hybridized carbons (Fsp3) is 0.606. The number of nitrogens with zero attached hydrogens (tertiary/aromatic N) is 6. The number of aryl methyl sites for hydroxylation is 1. The molecule has 230 valence electrons. The Morgan fingerprint density at radius 1 is 0.977 bits per heavy atom. The van der Waals surface area contributed by atoms with Crippen molar-refractivity contribution >= 4 is 28.4 Å². The van der Waals surface area contributed by atoms with Crippen molar-refractivity contribution in [2.75, 3.05) is 69.5 Å². The number of nitrogens with two attached hydrogens (primary N) is 1. The lowest BCUT2D eigenvalue weighted by Crippen LogP contribution is -2.56. The van der Waals surface area contributed by atoms with Crippen LogP contribution in [0.2, 0.25) is 0 Å². The van der Waals surface area contributed by atoms with E-state index in [0.717, 1.165) is 97.2 Å². The number of anilines is 3. The smallest absolute Gasteiger partial charge is 0.151 e. The van der Waals surface area contributed by atoms with Gasteiger partial charge in [0.05, 0.1) is 18.5 Å². The number of fused-ring (bicyclic) bond motifs is 3. The Kier molecular flexibility index (Phi) is 8.00. The Bertz CT molecular complexity index is 1440. The van der Waals surface area contributed by atoms with Crippen molar-refractivity contribution in [3.63, 3.8) is 0 Å². The third-order valence-corrected chi connectivity index (χ3v) is 10.4. The van der Waals surface area contributed by atoms with Crippen molar-refractivity contribution in [1.82, 2.24) is 24.8 Å². The number of benzene rings is 1. The van der Waals surface area contributed by atoms with Crippen LogP contribution in [0.3, 0.4) is 0 Å². The van der Waals surface area contributed by atoms with Gasteiger partial charge in [-0.25, -0.2) is 15.0 Å². The van der Waals surface area contributed by atoms with E-state index in [-0.39, 0.29) is 0 Å². The Morgan fingerprint density at radius 2 is 1.72 bits per heavy atom. The molecular weight excluding hydrogens is 540 g/mol. The highest BCUT2D eigenvalue weighted by atomic mass is 16.5. The van der Waals surface area contributed by atoms with Gasteiger partial charge < -0.3 is 25.4 Å². The molecule has 0 spiro atoms. The number of hydrogen-bond acceptors (Lipinski definition) is 10. The first-order chi connectivity index (χ1) is 21.0. The van der Waals surface area contributed by atoms with E-state index in [1.165, 1.54) is 38.8 Å². The molecule has 0 saturated carbocycles. The van der Waals surface area contributed by atoms with Gasteiger partial charge in [-0.05, 0) is 69.7 Å². The van der Waals surface area contributed by atoms with Crippen LogP contribution in [0.25, 0.3) is 22.2 Å². The number of pyridine rings is 1. The lowest BCUT2D eigenvalue weighted by molar-refractivity contribution is 0.0495.